The molecule has 2 N–H and O–H groups in total. The first-order valence-corrected chi connectivity index (χ1v) is 9.25. The number of halogens is 1. The molecule has 1 aliphatic heterocycles. The van der Waals surface area contributed by atoms with Gasteiger partial charge in [-0.3, -0.25) is 0 Å². The molecule has 3 rings (SSSR count). The van der Waals surface area contributed by atoms with Crippen LogP contribution in [-0.2, 0) is 10.0 Å². The summed E-state index contributed by atoms with van der Waals surface area (Å²) in [5.41, 5.74) is 7.44. The Morgan fingerprint density at radius 3 is 2.28 bits per heavy atom. The molecule has 5 nitrogen and oxygen atoms in total. The van der Waals surface area contributed by atoms with E-state index >= 15 is 0 Å². The molecule has 7 heteroatoms. The van der Waals surface area contributed by atoms with Crippen LogP contribution < -0.4 is 5.73 Å². The molecular weight excluding hydrogens is 358 g/mol. The highest BCUT2D eigenvalue weighted by molar-refractivity contribution is 7.89. The normalized spacial score (nSPS) is 20.6. The number of hydrogen-bond donors (Lipinski definition) is 1. The number of sulfonamides is 1. The topological polar surface area (TPSA) is 87.2 Å². The first-order valence-electron chi connectivity index (χ1n) is 7.81. The third kappa shape index (κ3) is 3.86. The molecule has 1 saturated heterocycles. The molecular formula is C18H20ClN3O2S. The van der Waals surface area contributed by atoms with Crippen molar-refractivity contribution < 1.29 is 8.42 Å². The maximum absolute atomic E-state index is 12.9. The number of nitrogens with zero attached hydrogens (tertiary/aromatic N) is 2. The highest BCUT2D eigenvalue weighted by Crippen LogP contribution is 2.35. The fraction of sp³-hybridized carbons (Fsp3) is 0.278. The van der Waals surface area contributed by atoms with Crippen molar-refractivity contribution in [3.63, 3.8) is 0 Å². The predicted octanol–water partition coefficient (Wildman–Crippen LogP) is 2.34. The molecule has 0 spiro atoms. The predicted molar refractivity (Wildman–Crippen MR) is 98.9 cm³/mol. The van der Waals surface area contributed by atoms with Crippen LogP contribution in [0.2, 0.25) is 0 Å². The van der Waals surface area contributed by atoms with Crippen LogP contribution >= 0.6 is 12.4 Å². The Morgan fingerprint density at radius 2 is 1.72 bits per heavy atom. The first kappa shape index (κ1) is 19.4. The van der Waals surface area contributed by atoms with Crippen molar-refractivity contribution in [2.24, 2.45) is 11.7 Å². The Hall–Kier alpha value is -1.91. The van der Waals surface area contributed by atoms with Crippen molar-refractivity contribution in [1.29, 1.82) is 5.26 Å². The Kier molecular flexibility index (Phi) is 6.20. The van der Waals surface area contributed by atoms with Crippen LogP contribution in [0.25, 0.3) is 0 Å². The van der Waals surface area contributed by atoms with E-state index in [1.165, 1.54) is 28.6 Å². The molecule has 2 aromatic carbocycles. The van der Waals surface area contributed by atoms with E-state index in [2.05, 4.69) is 0 Å². The quantitative estimate of drug-likeness (QED) is 0.885. The molecule has 0 radical (unpaired) electrons. The van der Waals surface area contributed by atoms with Crippen molar-refractivity contribution in [1.82, 2.24) is 4.31 Å². The van der Waals surface area contributed by atoms with E-state index in [0.717, 1.165) is 5.56 Å². The van der Waals surface area contributed by atoms with Crippen LogP contribution in [0.1, 0.15) is 17.0 Å². The van der Waals surface area contributed by atoms with E-state index in [1.54, 1.807) is 0 Å². The molecule has 1 aliphatic rings. The number of nitriles is 1. The van der Waals surface area contributed by atoms with Crippen molar-refractivity contribution in [2.75, 3.05) is 19.6 Å². The average molecular weight is 378 g/mol. The number of benzene rings is 2. The van der Waals surface area contributed by atoms with Gasteiger partial charge in [0.1, 0.15) is 0 Å². The van der Waals surface area contributed by atoms with Gasteiger partial charge in [-0.25, -0.2) is 8.42 Å². The monoisotopic (exact) mass is 377 g/mol. The Balaban J connectivity index is 0.00000225. The number of hydrogen-bond acceptors (Lipinski definition) is 4. The second-order valence-corrected chi connectivity index (χ2v) is 7.91. The maximum Gasteiger partial charge on any atom is 0.243 e. The largest absolute Gasteiger partial charge is 0.330 e. The summed E-state index contributed by atoms with van der Waals surface area (Å²) in [4.78, 5) is 0.214. The van der Waals surface area contributed by atoms with Gasteiger partial charge in [0, 0.05) is 19.0 Å². The lowest BCUT2D eigenvalue weighted by atomic mass is 9.89. The molecule has 25 heavy (non-hydrogen) atoms. The molecule has 132 valence electrons. The molecule has 2 atom stereocenters. The smallest absolute Gasteiger partial charge is 0.243 e. The molecule has 0 bridgehead atoms. The van der Waals surface area contributed by atoms with Gasteiger partial charge in [-0.2, -0.15) is 9.57 Å². The minimum absolute atomic E-state index is 0. The fourth-order valence-corrected chi connectivity index (χ4v) is 4.72. The van der Waals surface area contributed by atoms with Gasteiger partial charge in [0.15, 0.2) is 0 Å². The second-order valence-electron chi connectivity index (χ2n) is 5.97. The molecule has 0 amide bonds. The van der Waals surface area contributed by atoms with Gasteiger partial charge in [0.25, 0.3) is 0 Å². The Bertz CT molecular complexity index is 848. The van der Waals surface area contributed by atoms with E-state index in [9.17, 15) is 8.42 Å². The molecule has 0 aliphatic carbocycles. The van der Waals surface area contributed by atoms with E-state index < -0.39 is 10.0 Å². The maximum atomic E-state index is 12.9. The van der Waals surface area contributed by atoms with Crippen molar-refractivity contribution in [3.8, 4) is 6.07 Å². The fourth-order valence-electron chi connectivity index (χ4n) is 3.20. The Morgan fingerprint density at radius 1 is 1.08 bits per heavy atom. The van der Waals surface area contributed by atoms with Crippen LogP contribution in [-0.4, -0.2) is 32.4 Å². The van der Waals surface area contributed by atoms with Crippen LogP contribution in [0.5, 0.6) is 0 Å². The Labute approximate surface area is 154 Å². The van der Waals surface area contributed by atoms with Crippen molar-refractivity contribution in [3.05, 3.63) is 65.7 Å². The van der Waals surface area contributed by atoms with Gasteiger partial charge >= 0.3 is 0 Å². The summed E-state index contributed by atoms with van der Waals surface area (Å²) in [7, 11) is -3.58. The summed E-state index contributed by atoms with van der Waals surface area (Å²) in [5, 5.41) is 8.85. The zero-order valence-electron chi connectivity index (χ0n) is 13.6. The number of nitrogens with two attached hydrogens (primary N) is 1. The SMILES string of the molecule is Cl.N#Cc1ccc(S(=O)(=O)N2C[C@@H](CN)[C@H](c3ccccc3)C2)cc1. The summed E-state index contributed by atoms with van der Waals surface area (Å²) in [6, 6.07) is 17.9. The van der Waals surface area contributed by atoms with Crippen LogP contribution in [0.3, 0.4) is 0 Å². The van der Waals surface area contributed by atoms with E-state index in [1.807, 2.05) is 36.4 Å². The summed E-state index contributed by atoms with van der Waals surface area (Å²) in [6.07, 6.45) is 0. The van der Waals surface area contributed by atoms with E-state index in [0.29, 0.717) is 25.2 Å². The second kappa shape index (κ2) is 7.98. The van der Waals surface area contributed by atoms with E-state index in [4.69, 9.17) is 11.0 Å². The highest BCUT2D eigenvalue weighted by atomic mass is 35.5. The minimum Gasteiger partial charge on any atom is -0.330 e. The van der Waals surface area contributed by atoms with Gasteiger partial charge in [-0.1, -0.05) is 30.3 Å². The standard InChI is InChI=1S/C18H19N3O2S.ClH/c19-10-14-6-8-17(9-7-14)24(22,23)21-12-16(11-20)18(13-21)15-4-2-1-3-5-15;/h1-9,16,18H,11-13,20H2;1H/t16-,18+;/m1./s1. The average Bonchev–Trinajstić information content (AvgIpc) is 3.08. The summed E-state index contributed by atoms with van der Waals surface area (Å²) in [5.74, 6) is 0.199. The molecule has 1 heterocycles. The van der Waals surface area contributed by atoms with Crippen LogP contribution in [0.15, 0.2) is 59.5 Å². The summed E-state index contributed by atoms with van der Waals surface area (Å²) in [6.45, 7) is 1.28. The van der Waals surface area contributed by atoms with Crippen LogP contribution in [0, 0.1) is 17.2 Å². The van der Waals surface area contributed by atoms with Gasteiger partial charge < -0.3 is 5.73 Å². The lowest BCUT2D eigenvalue weighted by Crippen LogP contribution is -2.30. The minimum atomic E-state index is -3.58. The summed E-state index contributed by atoms with van der Waals surface area (Å²) < 4.78 is 27.3. The molecule has 0 aromatic heterocycles. The zero-order valence-corrected chi connectivity index (χ0v) is 15.2. The summed E-state index contributed by atoms with van der Waals surface area (Å²) >= 11 is 0. The third-order valence-electron chi connectivity index (χ3n) is 4.56. The van der Waals surface area contributed by atoms with Crippen molar-refractivity contribution >= 4 is 22.4 Å². The number of rotatable bonds is 4. The molecule has 1 fully saturated rings. The van der Waals surface area contributed by atoms with Crippen LogP contribution in [0.4, 0.5) is 0 Å². The van der Waals surface area contributed by atoms with Gasteiger partial charge in [-0.15, -0.1) is 12.4 Å². The highest BCUT2D eigenvalue weighted by Gasteiger charge is 2.39. The molecule has 0 unspecified atom stereocenters. The van der Waals surface area contributed by atoms with Gasteiger partial charge in [0.2, 0.25) is 10.0 Å². The van der Waals surface area contributed by atoms with Crippen molar-refractivity contribution in [2.45, 2.75) is 10.8 Å². The third-order valence-corrected chi connectivity index (χ3v) is 6.41. The zero-order chi connectivity index (χ0) is 17.2. The molecule has 2 aromatic rings. The van der Waals surface area contributed by atoms with E-state index in [-0.39, 0.29) is 29.1 Å². The first-order chi connectivity index (χ1) is 11.6. The van der Waals surface area contributed by atoms with Gasteiger partial charge in [0.05, 0.1) is 16.5 Å². The lowest BCUT2D eigenvalue weighted by molar-refractivity contribution is 0.459. The molecule has 0 saturated carbocycles. The van der Waals surface area contributed by atoms with Gasteiger partial charge in [-0.05, 0) is 42.3 Å². The lowest BCUT2D eigenvalue weighted by Gasteiger charge is -2.17.